The van der Waals surface area contributed by atoms with Gasteiger partial charge in [-0.2, -0.15) is 0 Å². The van der Waals surface area contributed by atoms with E-state index in [1.54, 1.807) is 25.3 Å². The summed E-state index contributed by atoms with van der Waals surface area (Å²) in [5, 5.41) is 0.487. The Kier molecular flexibility index (Phi) is 14.4. The molecule has 0 aliphatic heterocycles. The minimum absolute atomic E-state index is 0.0706. The van der Waals surface area contributed by atoms with Crippen LogP contribution >= 0.6 is 23.5 Å². The van der Waals surface area contributed by atoms with Crippen molar-refractivity contribution in [3.8, 4) is 0 Å². The molecule has 3 nitrogen and oxygen atoms in total. The van der Waals surface area contributed by atoms with E-state index >= 15 is 8.78 Å². The summed E-state index contributed by atoms with van der Waals surface area (Å²) in [5.74, 6) is -1.01. The van der Waals surface area contributed by atoms with Crippen LogP contribution < -0.4 is 4.72 Å². The van der Waals surface area contributed by atoms with Gasteiger partial charge >= 0.3 is 0 Å². The van der Waals surface area contributed by atoms with Crippen LogP contribution in [0.5, 0.6) is 0 Å². The fraction of sp³-hybridized carbons (Fsp3) is 0.394. The Balaban J connectivity index is 2.49. The van der Waals surface area contributed by atoms with Crippen LogP contribution in [0.2, 0.25) is 5.02 Å². The zero-order chi connectivity index (χ0) is 29.7. The number of halogens is 3. The van der Waals surface area contributed by atoms with Crippen molar-refractivity contribution >= 4 is 40.5 Å². The van der Waals surface area contributed by atoms with Gasteiger partial charge in [-0.15, -0.1) is 0 Å². The molecule has 40 heavy (non-hydrogen) atoms. The highest BCUT2D eigenvalue weighted by Crippen LogP contribution is 2.33. The Morgan fingerprint density at radius 2 is 1.93 bits per heavy atom. The first kappa shape index (κ1) is 33.5. The molecule has 0 saturated carbocycles. The predicted octanol–water partition coefficient (Wildman–Crippen LogP) is 11.3. The Hall–Kier alpha value is -2.70. The van der Waals surface area contributed by atoms with Gasteiger partial charge in [0.2, 0.25) is 0 Å². The lowest BCUT2D eigenvalue weighted by atomic mass is 9.88. The number of aliphatic imine (C=N–C) groups is 1. The van der Waals surface area contributed by atoms with Gasteiger partial charge in [0.1, 0.15) is 5.82 Å². The molecule has 1 aromatic heterocycles. The zero-order valence-corrected chi connectivity index (χ0v) is 26.3. The van der Waals surface area contributed by atoms with Gasteiger partial charge in [0, 0.05) is 18.1 Å². The minimum Gasteiger partial charge on any atom is -0.323 e. The molecule has 1 unspecified atom stereocenters. The van der Waals surface area contributed by atoms with Crippen LogP contribution in [-0.4, -0.2) is 10.7 Å². The lowest BCUT2D eigenvalue weighted by Gasteiger charge is -2.18. The molecule has 0 amide bonds. The number of pyridine rings is 1. The molecule has 7 heteroatoms. The third-order valence-corrected chi connectivity index (χ3v) is 7.83. The lowest BCUT2D eigenvalue weighted by Crippen LogP contribution is -2.07. The second-order valence-corrected chi connectivity index (χ2v) is 11.0. The van der Waals surface area contributed by atoms with Crippen LogP contribution in [0.3, 0.4) is 0 Å². The first-order valence-corrected chi connectivity index (χ1v) is 15.2. The number of aromatic nitrogens is 1. The molecule has 1 heterocycles. The fourth-order valence-corrected chi connectivity index (χ4v) is 5.14. The van der Waals surface area contributed by atoms with Crippen molar-refractivity contribution in [1.82, 2.24) is 4.98 Å². The van der Waals surface area contributed by atoms with Crippen molar-refractivity contribution in [1.29, 1.82) is 0 Å². The third kappa shape index (κ3) is 9.45. The Morgan fingerprint density at radius 1 is 1.18 bits per heavy atom. The number of benzene rings is 1. The van der Waals surface area contributed by atoms with Gasteiger partial charge in [0.25, 0.3) is 0 Å². The van der Waals surface area contributed by atoms with Crippen molar-refractivity contribution in [2.24, 2.45) is 10.9 Å². The van der Waals surface area contributed by atoms with Crippen molar-refractivity contribution in [2.75, 3.05) is 4.72 Å². The molecule has 0 fully saturated rings. The first-order chi connectivity index (χ1) is 19.2. The normalized spacial score (nSPS) is 14.2. The lowest BCUT2D eigenvalue weighted by molar-refractivity contribution is 0.580. The van der Waals surface area contributed by atoms with E-state index in [-0.39, 0.29) is 17.2 Å². The maximum absolute atomic E-state index is 15.7. The highest BCUT2D eigenvalue weighted by molar-refractivity contribution is 8.00. The summed E-state index contributed by atoms with van der Waals surface area (Å²) in [5.41, 5.74) is 4.64. The smallest absolute Gasteiger partial charge is 0.157 e. The summed E-state index contributed by atoms with van der Waals surface area (Å²) in [6.07, 6.45) is 16.0. The first-order valence-electron chi connectivity index (χ1n) is 14.0. The number of unbranched alkanes of at least 4 members (excludes halogenated alkanes) is 1. The van der Waals surface area contributed by atoms with Crippen molar-refractivity contribution in [3.05, 3.63) is 94.0 Å². The average molecular weight is 586 g/mol. The molecule has 2 aromatic rings. The number of hydrogen-bond donors (Lipinski definition) is 1. The van der Waals surface area contributed by atoms with E-state index in [0.717, 1.165) is 54.0 Å². The summed E-state index contributed by atoms with van der Waals surface area (Å²) >= 11 is 7.26. The summed E-state index contributed by atoms with van der Waals surface area (Å²) in [6, 6.07) is 4.45. The molecular formula is C33H42ClF2N3S. The van der Waals surface area contributed by atoms with Crippen LogP contribution in [0, 0.1) is 24.5 Å². The van der Waals surface area contributed by atoms with E-state index in [4.69, 9.17) is 16.6 Å². The van der Waals surface area contributed by atoms with E-state index in [0.29, 0.717) is 10.6 Å². The molecule has 0 bridgehead atoms. The topological polar surface area (TPSA) is 37.3 Å². The van der Waals surface area contributed by atoms with Crippen molar-refractivity contribution in [2.45, 2.75) is 85.5 Å². The fourth-order valence-electron chi connectivity index (χ4n) is 4.15. The van der Waals surface area contributed by atoms with Crippen molar-refractivity contribution in [3.63, 3.8) is 0 Å². The predicted molar refractivity (Wildman–Crippen MR) is 171 cm³/mol. The van der Waals surface area contributed by atoms with Crippen molar-refractivity contribution < 1.29 is 8.78 Å². The summed E-state index contributed by atoms with van der Waals surface area (Å²) in [7, 11) is 0. The molecule has 0 aliphatic carbocycles. The van der Waals surface area contributed by atoms with Gasteiger partial charge in [-0.25, -0.2) is 8.78 Å². The third-order valence-electron chi connectivity index (χ3n) is 6.67. The van der Waals surface area contributed by atoms with Gasteiger partial charge in [-0.1, -0.05) is 76.4 Å². The summed E-state index contributed by atoms with van der Waals surface area (Å²) in [4.78, 5) is 9.70. The van der Waals surface area contributed by atoms with Gasteiger partial charge in [-0.05, 0) is 92.8 Å². The summed E-state index contributed by atoms with van der Waals surface area (Å²) in [6.45, 7) is 14.3. The highest BCUT2D eigenvalue weighted by atomic mass is 35.5. The summed E-state index contributed by atoms with van der Waals surface area (Å²) < 4.78 is 33.8. The van der Waals surface area contributed by atoms with E-state index < -0.39 is 11.6 Å². The molecule has 0 radical (unpaired) electrons. The molecule has 1 aromatic carbocycles. The van der Waals surface area contributed by atoms with Crippen LogP contribution in [0.15, 0.2) is 75.9 Å². The average Bonchev–Trinajstić information content (AvgIpc) is 2.94. The highest BCUT2D eigenvalue weighted by Gasteiger charge is 2.18. The van der Waals surface area contributed by atoms with Gasteiger partial charge in [-0.3, -0.25) is 9.98 Å². The van der Waals surface area contributed by atoms with Gasteiger partial charge < -0.3 is 4.72 Å². The number of anilines is 1. The Bertz CT molecular complexity index is 1290. The largest absolute Gasteiger partial charge is 0.323 e. The Morgan fingerprint density at radius 3 is 2.58 bits per heavy atom. The quantitative estimate of drug-likeness (QED) is 0.136. The second kappa shape index (κ2) is 17.2. The number of nitrogens with zero attached hydrogens (tertiary/aromatic N) is 2. The van der Waals surface area contributed by atoms with Gasteiger partial charge in [0.05, 0.1) is 26.9 Å². The molecule has 0 saturated heterocycles. The monoisotopic (exact) mass is 585 g/mol. The zero-order valence-electron chi connectivity index (χ0n) is 24.7. The van der Waals surface area contributed by atoms with Crippen LogP contribution in [0.1, 0.15) is 84.9 Å². The molecule has 0 spiro atoms. The number of hydrogen-bond acceptors (Lipinski definition) is 4. The maximum Gasteiger partial charge on any atom is 0.157 e. The molecule has 216 valence electrons. The molecule has 1 atom stereocenters. The van der Waals surface area contributed by atoms with Crippen LogP contribution in [0.4, 0.5) is 14.5 Å². The number of allylic oxidation sites excluding steroid dienone is 7. The number of nitrogens with one attached hydrogen (secondary N) is 1. The Labute approximate surface area is 248 Å². The number of rotatable bonds is 14. The van der Waals surface area contributed by atoms with Crippen LogP contribution in [0.25, 0.3) is 5.57 Å². The van der Waals surface area contributed by atoms with E-state index in [1.165, 1.54) is 29.7 Å². The molecule has 0 aliphatic rings. The standard InChI is InChI=1S/C33H42ClF2N3S/c1-8-12-13-19-37-23(6)28(14-9-2)27(22(5)10-3)16-15-25(11-4)32-29(35)17-18-30(33(32)36)39-40-31-20-26(34)21-38-24(31)7/h11,13,15-22,39H,8-10,12,14H2,1-7H3/b16-15-,19-13-,25-11+,28-27+,37-23-. The van der Waals surface area contributed by atoms with Crippen LogP contribution in [-0.2, 0) is 0 Å². The number of aryl methyl sites for hydroxylation is 1. The second-order valence-electron chi connectivity index (χ2n) is 9.68. The minimum atomic E-state index is -0.653. The van der Waals surface area contributed by atoms with E-state index in [1.807, 2.05) is 32.2 Å². The molecular weight excluding hydrogens is 544 g/mol. The maximum atomic E-state index is 15.7. The van der Waals surface area contributed by atoms with E-state index in [9.17, 15) is 0 Å². The molecule has 1 N–H and O–H groups in total. The van der Waals surface area contributed by atoms with E-state index in [2.05, 4.69) is 43.5 Å². The van der Waals surface area contributed by atoms with Gasteiger partial charge in [0.15, 0.2) is 5.82 Å². The SMILES string of the molecule is C\C=C(/C=C\C(=C(CCC)/C(C)=N\C=C/CCC)C(C)CC)c1c(F)ccc(NSc2cc(Cl)cnc2C)c1F. The molecule has 2 rings (SSSR count).